The molecule has 0 bridgehead atoms. The first-order chi connectivity index (χ1) is 7.59. The van der Waals surface area contributed by atoms with Crippen molar-refractivity contribution in [1.29, 1.82) is 0 Å². The van der Waals surface area contributed by atoms with Gasteiger partial charge >= 0.3 is 0 Å². The molecule has 1 N–H and O–H groups in total. The highest BCUT2D eigenvalue weighted by atomic mass is 32.1. The van der Waals surface area contributed by atoms with Gasteiger partial charge in [0.15, 0.2) is 0 Å². The fourth-order valence-corrected chi connectivity index (χ4v) is 2.75. The lowest BCUT2D eigenvalue weighted by Gasteiger charge is -2.26. The number of aromatic nitrogens is 1. The van der Waals surface area contributed by atoms with Gasteiger partial charge in [-0.15, -0.1) is 11.3 Å². The van der Waals surface area contributed by atoms with Gasteiger partial charge in [-0.25, -0.2) is 0 Å². The van der Waals surface area contributed by atoms with Crippen LogP contribution in [-0.2, 0) is 0 Å². The normalized spacial score (nSPS) is 25.4. The third-order valence-corrected chi connectivity index (χ3v) is 3.76. The van der Waals surface area contributed by atoms with Crippen LogP contribution in [-0.4, -0.2) is 39.6 Å². The molecule has 0 aliphatic carbocycles. The fraction of sp³-hybridized carbons (Fsp3) is 0.636. The lowest BCUT2D eigenvalue weighted by Crippen LogP contribution is -2.38. The fourth-order valence-electron chi connectivity index (χ4n) is 2.17. The monoisotopic (exact) mass is 240 g/mol. The summed E-state index contributed by atoms with van der Waals surface area (Å²) < 4.78 is 0. The minimum atomic E-state index is -0.385. The Balaban J connectivity index is 2.16. The van der Waals surface area contributed by atoms with Gasteiger partial charge in [0.25, 0.3) is 5.91 Å². The lowest BCUT2D eigenvalue weighted by molar-refractivity contribution is 0.0690. The van der Waals surface area contributed by atoms with Crippen molar-refractivity contribution in [3.05, 3.63) is 16.6 Å². The third-order valence-electron chi connectivity index (χ3n) is 2.99. The molecule has 0 saturated carbocycles. The first-order valence-electron chi connectivity index (χ1n) is 5.47. The van der Waals surface area contributed by atoms with E-state index >= 15 is 0 Å². The number of hydrogen-bond acceptors (Lipinski definition) is 4. The van der Waals surface area contributed by atoms with Gasteiger partial charge in [-0.1, -0.05) is 13.8 Å². The number of aliphatic hydroxyl groups is 1. The Morgan fingerprint density at radius 1 is 1.69 bits per heavy atom. The number of aliphatic hydroxyl groups excluding tert-OH is 1. The number of amides is 1. The van der Waals surface area contributed by atoms with Crippen LogP contribution in [0.4, 0.5) is 0 Å². The summed E-state index contributed by atoms with van der Waals surface area (Å²) in [6.45, 7) is 4.60. The molecule has 1 fully saturated rings. The topological polar surface area (TPSA) is 53.4 Å². The SMILES string of the molecule is CC(C)[C@@H]1C[C@@H](O)CN1C(=O)c1cncs1. The van der Waals surface area contributed by atoms with E-state index in [1.807, 2.05) is 0 Å². The molecule has 5 heteroatoms. The first-order valence-corrected chi connectivity index (χ1v) is 6.35. The highest BCUT2D eigenvalue weighted by molar-refractivity contribution is 7.11. The lowest BCUT2D eigenvalue weighted by atomic mass is 10.0. The Labute approximate surface area is 98.9 Å². The number of carbonyl (C=O) groups is 1. The van der Waals surface area contributed by atoms with E-state index in [1.54, 1.807) is 16.6 Å². The highest BCUT2D eigenvalue weighted by Crippen LogP contribution is 2.26. The molecule has 1 aromatic rings. The molecule has 4 nitrogen and oxygen atoms in total. The van der Waals surface area contributed by atoms with Crippen LogP contribution >= 0.6 is 11.3 Å². The van der Waals surface area contributed by atoms with E-state index in [1.165, 1.54) is 11.3 Å². The van der Waals surface area contributed by atoms with E-state index in [0.29, 0.717) is 23.8 Å². The number of rotatable bonds is 2. The van der Waals surface area contributed by atoms with Gasteiger partial charge < -0.3 is 10.0 Å². The second-order valence-corrected chi connectivity index (χ2v) is 5.41. The molecule has 1 aliphatic heterocycles. The summed E-state index contributed by atoms with van der Waals surface area (Å²) in [5.41, 5.74) is 1.66. The second kappa shape index (κ2) is 4.51. The predicted octanol–water partition coefficient (Wildman–Crippen LogP) is 1.37. The molecule has 1 saturated heterocycles. The average molecular weight is 240 g/mol. The van der Waals surface area contributed by atoms with Crippen molar-refractivity contribution < 1.29 is 9.90 Å². The molecule has 1 amide bonds. The summed E-state index contributed by atoms with van der Waals surface area (Å²) in [4.78, 5) is 18.5. The molecular weight excluding hydrogens is 224 g/mol. The maximum atomic E-state index is 12.2. The molecule has 1 aromatic heterocycles. The van der Waals surface area contributed by atoms with Gasteiger partial charge in [-0.3, -0.25) is 9.78 Å². The van der Waals surface area contributed by atoms with Crippen LogP contribution in [0.25, 0.3) is 0 Å². The quantitative estimate of drug-likeness (QED) is 0.849. The minimum absolute atomic E-state index is 0.00208. The molecule has 1 aliphatic rings. The number of hydrogen-bond donors (Lipinski definition) is 1. The Hall–Kier alpha value is -0.940. The molecule has 0 unspecified atom stereocenters. The van der Waals surface area contributed by atoms with E-state index in [0.717, 1.165) is 0 Å². The van der Waals surface area contributed by atoms with Crippen molar-refractivity contribution in [3.63, 3.8) is 0 Å². The number of carbonyl (C=O) groups excluding carboxylic acids is 1. The molecule has 2 atom stereocenters. The Morgan fingerprint density at radius 3 is 3.00 bits per heavy atom. The number of nitrogens with zero attached hydrogens (tertiary/aromatic N) is 2. The highest BCUT2D eigenvalue weighted by Gasteiger charge is 2.36. The Bertz CT molecular complexity index is 364. The van der Waals surface area contributed by atoms with Crippen molar-refractivity contribution in [1.82, 2.24) is 9.88 Å². The summed E-state index contributed by atoms with van der Waals surface area (Å²) in [5.74, 6) is 0.367. The average Bonchev–Trinajstić information content (AvgIpc) is 2.84. The van der Waals surface area contributed by atoms with Gasteiger partial charge in [0, 0.05) is 12.6 Å². The summed E-state index contributed by atoms with van der Waals surface area (Å²) in [6.07, 6.45) is 1.89. The summed E-state index contributed by atoms with van der Waals surface area (Å²) in [7, 11) is 0. The molecule has 88 valence electrons. The third kappa shape index (κ3) is 2.10. The zero-order valence-electron chi connectivity index (χ0n) is 9.46. The van der Waals surface area contributed by atoms with Crippen LogP contribution in [0.1, 0.15) is 29.9 Å². The molecular formula is C11H16N2O2S. The minimum Gasteiger partial charge on any atom is -0.391 e. The van der Waals surface area contributed by atoms with E-state index in [-0.39, 0.29) is 18.1 Å². The van der Waals surface area contributed by atoms with Gasteiger partial charge in [0.1, 0.15) is 4.88 Å². The second-order valence-electron chi connectivity index (χ2n) is 4.52. The van der Waals surface area contributed by atoms with Crippen LogP contribution in [0.2, 0.25) is 0 Å². The molecule has 2 heterocycles. The zero-order chi connectivity index (χ0) is 11.7. The van der Waals surface area contributed by atoms with E-state index in [2.05, 4.69) is 18.8 Å². The van der Waals surface area contributed by atoms with Crippen LogP contribution < -0.4 is 0 Å². The van der Waals surface area contributed by atoms with E-state index in [9.17, 15) is 9.90 Å². The van der Waals surface area contributed by atoms with Gasteiger partial charge in [-0.05, 0) is 12.3 Å². The number of thiazole rings is 1. The zero-order valence-corrected chi connectivity index (χ0v) is 10.3. The van der Waals surface area contributed by atoms with Crippen molar-refractivity contribution in [2.45, 2.75) is 32.4 Å². The summed E-state index contributed by atoms with van der Waals surface area (Å²) >= 11 is 1.35. The van der Waals surface area contributed by atoms with Crippen molar-refractivity contribution in [2.24, 2.45) is 5.92 Å². The van der Waals surface area contributed by atoms with E-state index in [4.69, 9.17) is 0 Å². The Kier molecular flexibility index (Phi) is 3.25. The molecule has 2 rings (SSSR count). The molecule has 0 spiro atoms. The van der Waals surface area contributed by atoms with Crippen LogP contribution in [0.15, 0.2) is 11.7 Å². The Morgan fingerprint density at radius 2 is 2.44 bits per heavy atom. The van der Waals surface area contributed by atoms with Crippen molar-refractivity contribution >= 4 is 17.2 Å². The summed E-state index contributed by atoms with van der Waals surface area (Å²) in [5, 5.41) is 9.66. The van der Waals surface area contributed by atoms with E-state index < -0.39 is 0 Å². The maximum Gasteiger partial charge on any atom is 0.265 e. The van der Waals surface area contributed by atoms with Crippen molar-refractivity contribution in [2.75, 3.05) is 6.54 Å². The number of β-amino-alcohol motifs (C(OH)–C–C–N with tert-alkyl or cyclic N) is 1. The molecule has 0 aromatic carbocycles. The maximum absolute atomic E-state index is 12.2. The van der Waals surface area contributed by atoms with Gasteiger partial charge in [0.2, 0.25) is 0 Å². The summed E-state index contributed by atoms with van der Waals surface area (Å²) in [6, 6.07) is 0.143. The van der Waals surface area contributed by atoms with Crippen molar-refractivity contribution in [3.8, 4) is 0 Å². The molecule has 16 heavy (non-hydrogen) atoms. The smallest absolute Gasteiger partial charge is 0.265 e. The van der Waals surface area contributed by atoms with Gasteiger partial charge in [0.05, 0.1) is 17.8 Å². The van der Waals surface area contributed by atoms with Crippen LogP contribution in [0.5, 0.6) is 0 Å². The van der Waals surface area contributed by atoms with Crippen LogP contribution in [0.3, 0.4) is 0 Å². The van der Waals surface area contributed by atoms with Crippen LogP contribution in [0, 0.1) is 5.92 Å². The predicted molar refractivity (Wildman–Crippen MR) is 62.4 cm³/mol. The number of likely N-dealkylation sites (tertiary alicyclic amines) is 1. The standard InChI is InChI=1S/C11H16N2O2S/c1-7(2)9-3-8(14)5-13(9)11(15)10-4-12-6-16-10/h4,6-9,14H,3,5H2,1-2H3/t8-,9+/m1/s1. The molecule has 0 radical (unpaired) electrons. The largest absolute Gasteiger partial charge is 0.391 e. The first kappa shape index (κ1) is 11.5. The van der Waals surface area contributed by atoms with Gasteiger partial charge in [-0.2, -0.15) is 0 Å².